The van der Waals surface area contributed by atoms with Crippen molar-refractivity contribution >= 4 is 21.6 Å². The molecule has 1 aromatic rings. The molecule has 1 aliphatic rings. The second-order valence-electron chi connectivity index (χ2n) is 4.45. The molecule has 1 fully saturated rings. The fourth-order valence-corrected chi connectivity index (χ4v) is 3.65. The lowest BCUT2D eigenvalue weighted by Gasteiger charge is -2.16. The first-order valence-corrected chi connectivity index (χ1v) is 7.66. The fourth-order valence-electron chi connectivity index (χ4n) is 2.00. The Kier molecular flexibility index (Phi) is 4.29. The van der Waals surface area contributed by atoms with Crippen LogP contribution >= 0.6 is 11.6 Å². The smallest absolute Gasteiger partial charge is 0.315 e. The molecule has 0 saturated carbocycles. The van der Waals surface area contributed by atoms with Gasteiger partial charge in [-0.05, 0) is 31.2 Å². The molecule has 0 spiro atoms. The molecule has 0 bridgehead atoms. The summed E-state index contributed by atoms with van der Waals surface area (Å²) in [5, 5.41) is 2.76. The van der Waals surface area contributed by atoms with E-state index in [0.29, 0.717) is 25.6 Å². The largest absolute Gasteiger partial charge is 0.417 e. The van der Waals surface area contributed by atoms with Gasteiger partial charge in [0.15, 0.2) is 0 Å². The van der Waals surface area contributed by atoms with Gasteiger partial charge >= 0.3 is 6.18 Å². The number of rotatable bonds is 3. The highest BCUT2D eigenvalue weighted by Gasteiger charge is 2.38. The van der Waals surface area contributed by atoms with E-state index in [9.17, 15) is 21.6 Å². The maximum absolute atomic E-state index is 12.9. The van der Waals surface area contributed by atoms with Crippen LogP contribution < -0.4 is 10.0 Å². The third-order valence-electron chi connectivity index (χ3n) is 2.92. The summed E-state index contributed by atoms with van der Waals surface area (Å²) in [6, 6.07) is 2.20. The van der Waals surface area contributed by atoms with E-state index in [-0.39, 0.29) is 5.02 Å². The highest BCUT2D eigenvalue weighted by molar-refractivity contribution is 7.89. The molecular formula is C11H12ClF3N2O2S. The van der Waals surface area contributed by atoms with E-state index in [1.165, 1.54) is 0 Å². The predicted molar refractivity (Wildman–Crippen MR) is 68.1 cm³/mol. The predicted octanol–water partition coefficient (Wildman–Crippen LogP) is 2.00. The number of alkyl halides is 3. The van der Waals surface area contributed by atoms with Crippen molar-refractivity contribution in [1.29, 1.82) is 0 Å². The number of halogens is 4. The Hall–Kier alpha value is -0.830. The molecule has 20 heavy (non-hydrogen) atoms. The SMILES string of the molecule is O=S(=O)(N[C@H]1CCNC1)c1ccc(Cl)cc1C(F)(F)F. The summed E-state index contributed by atoms with van der Waals surface area (Å²) in [7, 11) is -4.24. The average Bonchev–Trinajstić information content (AvgIpc) is 2.79. The van der Waals surface area contributed by atoms with Crippen LogP contribution in [-0.2, 0) is 16.2 Å². The number of sulfonamides is 1. The number of nitrogens with one attached hydrogen (secondary N) is 2. The van der Waals surface area contributed by atoms with Crippen molar-refractivity contribution in [1.82, 2.24) is 10.0 Å². The molecule has 2 rings (SSSR count). The van der Waals surface area contributed by atoms with Crippen molar-refractivity contribution in [2.75, 3.05) is 13.1 Å². The summed E-state index contributed by atoms with van der Waals surface area (Å²) < 4.78 is 65.2. The minimum absolute atomic E-state index is 0.168. The normalized spacial score (nSPS) is 20.3. The van der Waals surface area contributed by atoms with E-state index in [1.54, 1.807) is 0 Å². The van der Waals surface area contributed by atoms with Gasteiger partial charge in [-0.1, -0.05) is 11.6 Å². The molecule has 1 aliphatic heterocycles. The summed E-state index contributed by atoms with van der Waals surface area (Å²) in [5.41, 5.74) is -1.26. The number of benzene rings is 1. The van der Waals surface area contributed by atoms with Crippen molar-refractivity contribution in [3.63, 3.8) is 0 Å². The van der Waals surface area contributed by atoms with Crippen LogP contribution in [0.25, 0.3) is 0 Å². The first-order chi connectivity index (χ1) is 9.20. The number of hydrogen-bond donors (Lipinski definition) is 2. The van der Waals surface area contributed by atoms with E-state index in [0.717, 1.165) is 12.1 Å². The maximum atomic E-state index is 12.9. The van der Waals surface area contributed by atoms with Crippen molar-refractivity contribution in [2.24, 2.45) is 0 Å². The van der Waals surface area contributed by atoms with E-state index >= 15 is 0 Å². The van der Waals surface area contributed by atoms with Gasteiger partial charge in [-0.25, -0.2) is 13.1 Å². The van der Waals surface area contributed by atoms with Crippen molar-refractivity contribution in [3.05, 3.63) is 28.8 Å². The van der Waals surface area contributed by atoms with Gasteiger partial charge in [-0.2, -0.15) is 13.2 Å². The summed E-state index contributed by atoms with van der Waals surface area (Å²) in [6.07, 6.45) is -4.25. The van der Waals surface area contributed by atoms with Crippen molar-refractivity contribution < 1.29 is 21.6 Å². The second kappa shape index (κ2) is 5.51. The summed E-state index contributed by atoms with van der Waals surface area (Å²) in [5.74, 6) is 0. The van der Waals surface area contributed by atoms with Crippen LogP contribution in [0.2, 0.25) is 5.02 Å². The molecule has 0 unspecified atom stereocenters. The maximum Gasteiger partial charge on any atom is 0.417 e. The Morgan fingerprint density at radius 1 is 1.35 bits per heavy atom. The lowest BCUT2D eigenvalue weighted by molar-refractivity contribution is -0.139. The molecule has 4 nitrogen and oxygen atoms in total. The molecular weight excluding hydrogens is 317 g/mol. The quantitative estimate of drug-likeness (QED) is 0.892. The molecule has 2 N–H and O–H groups in total. The molecule has 112 valence electrons. The minimum Gasteiger partial charge on any atom is -0.315 e. The zero-order valence-corrected chi connectivity index (χ0v) is 11.7. The molecule has 0 amide bonds. The monoisotopic (exact) mass is 328 g/mol. The van der Waals surface area contributed by atoms with E-state index in [2.05, 4.69) is 10.0 Å². The second-order valence-corrected chi connectivity index (χ2v) is 6.57. The van der Waals surface area contributed by atoms with Crippen LogP contribution in [0.5, 0.6) is 0 Å². The first kappa shape index (κ1) is 15.6. The standard InChI is InChI=1S/C11H12ClF3N2O2S/c12-7-1-2-10(9(5-7)11(13,14)15)20(18,19)17-8-3-4-16-6-8/h1-2,5,8,16-17H,3-4,6H2/t8-/m0/s1. The molecule has 0 radical (unpaired) electrons. The summed E-state index contributed by atoms with van der Waals surface area (Å²) >= 11 is 5.52. The summed E-state index contributed by atoms with van der Waals surface area (Å²) in [4.78, 5) is -0.804. The Labute approximate surface area is 119 Å². The lowest BCUT2D eigenvalue weighted by Crippen LogP contribution is -2.37. The van der Waals surface area contributed by atoms with Crippen molar-refractivity contribution in [2.45, 2.75) is 23.5 Å². The van der Waals surface area contributed by atoms with Gasteiger partial charge in [-0.3, -0.25) is 0 Å². The zero-order valence-electron chi connectivity index (χ0n) is 10.2. The van der Waals surface area contributed by atoms with Gasteiger partial charge in [0.25, 0.3) is 0 Å². The van der Waals surface area contributed by atoms with E-state index < -0.39 is 32.7 Å². The van der Waals surface area contributed by atoms with Crippen LogP contribution in [0.4, 0.5) is 13.2 Å². The van der Waals surface area contributed by atoms with E-state index in [1.807, 2.05) is 0 Å². The van der Waals surface area contributed by atoms with E-state index in [4.69, 9.17) is 11.6 Å². The molecule has 0 aromatic heterocycles. The minimum atomic E-state index is -4.79. The third kappa shape index (κ3) is 3.43. The molecule has 1 aromatic carbocycles. The lowest BCUT2D eigenvalue weighted by atomic mass is 10.2. The first-order valence-electron chi connectivity index (χ1n) is 5.80. The number of hydrogen-bond acceptors (Lipinski definition) is 3. The van der Waals surface area contributed by atoms with Gasteiger partial charge in [0.1, 0.15) is 0 Å². The third-order valence-corrected chi connectivity index (χ3v) is 4.73. The van der Waals surface area contributed by atoms with Crippen LogP contribution in [-0.4, -0.2) is 27.5 Å². The Balaban J connectivity index is 2.40. The van der Waals surface area contributed by atoms with Gasteiger partial charge in [0, 0.05) is 17.6 Å². The van der Waals surface area contributed by atoms with Crippen LogP contribution in [0.15, 0.2) is 23.1 Å². The van der Waals surface area contributed by atoms with Gasteiger partial charge in [0.2, 0.25) is 10.0 Å². The highest BCUT2D eigenvalue weighted by atomic mass is 35.5. The molecule has 0 aliphatic carbocycles. The Morgan fingerprint density at radius 3 is 2.60 bits per heavy atom. The van der Waals surface area contributed by atoms with Crippen molar-refractivity contribution in [3.8, 4) is 0 Å². The molecule has 1 atom stereocenters. The average molecular weight is 329 g/mol. The van der Waals surface area contributed by atoms with Gasteiger partial charge < -0.3 is 5.32 Å². The molecule has 9 heteroatoms. The van der Waals surface area contributed by atoms with Gasteiger partial charge in [-0.15, -0.1) is 0 Å². The Morgan fingerprint density at radius 2 is 2.05 bits per heavy atom. The van der Waals surface area contributed by atoms with Crippen LogP contribution in [0.3, 0.4) is 0 Å². The molecule has 1 saturated heterocycles. The Bertz CT molecular complexity index is 598. The zero-order chi connectivity index (χ0) is 15.0. The fraction of sp³-hybridized carbons (Fsp3) is 0.455. The topological polar surface area (TPSA) is 58.2 Å². The van der Waals surface area contributed by atoms with Gasteiger partial charge in [0.05, 0.1) is 10.5 Å². The summed E-state index contributed by atoms with van der Waals surface area (Å²) in [6.45, 7) is 1.02. The molecule has 1 heterocycles. The van der Waals surface area contributed by atoms with Crippen LogP contribution in [0.1, 0.15) is 12.0 Å². The van der Waals surface area contributed by atoms with Crippen LogP contribution in [0, 0.1) is 0 Å². The highest BCUT2D eigenvalue weighted by Crippen LogP contribution is 2.35.